The van der Waals surface area contributed by atoms with Gasteiger partial charge in [-0.2, -0.15) is 0 Å². The molecule has 0 aromatic heterocycles. The molecular formula is C18H32N4O3. The summed E-state index contributed by atoms with van der Waals surface area (Å²) in [5, 5.41) is 2.88. The maximum absolute atomic E-state index is 12.8. The van der Waals surface area contributed by atoms with Crippen molar-refractivity contribution >= 4 is 11.9 Å². The molecule has 3 aliphatic heterocycles. The summed E-state index contributed by atoms with van der Waals surface area (Å²) in [5.41, 5.74) is 0. The van der Waals surface area contributed by atoms with Crippen molar-refractivity contribution in [1.29, 1.82) is 0 Å². The number of ether oxygens (including phenoxy) is 1. The zero-order valence-electron chi connectivity index (χ0n) is 15.4. The third-order valence-electron chi connectivity index (χ3n) is 5.72. The van der Waals surface area contributed by atoms with Crippen molar-refractivity contribution in [3.63, 3.8) is 0 Å². The standard InChI is InChI=1S/C18H32N4O3/c1-2-19-18(24)21-8-5-16(6-9-21)22-7-3-4-15(14-22)17(23)20-10-12-25-13-11-20/h15-16H,2-14H2,1H3,(H,19,24)/t15-/m0/s1. The first-order chi connectivity index (χ1) is 12.2. The van der Waals surface area contributed by atoms with Crippen LogP contribution in [0.25, 0.3) is 0 Å². The first-order valence-electron chi connectivity index (χ1n) is 9.82. The highest BCUT2D eigenvalue weighted by molar-refractivity contribution is 5.79. The fourth-order valence-electron chi connectivity index (χ4n) is 4.28. The highest BCUT2D eigenvalue weighted by atomic mass is 16.5. The molecule has 3 fully saturated rings. The Morgan fingerprint density at radius 3 is 2.40 bits per heavy atom. The van der Waals surface area contributed by atoms with Crippen LogP contribution in [-0.4, -0.2) is 91.7 Å². The maximum atomic E-state index is 12.8. The van der Waals surface area contributed by atoms with Gasteiger partial charge in [-0.15, -0.1) is 0 Å². The molecule has 3 saturated heterocycles. The second-order valence-corrected chi connectivity index (χ2v) is 7.33. The van der Waals surface area contributed by atoms with Crippen molar-refractivity contribution in [1.82, 2.24) is 20.0 Å². The number of piperidine rings is 2. The number of hydrogen-bond donors (Lipinski definition) is 1. The number of nitrogens with zero attached hydrogens (tertiary/aromatic N) is 3. The molecule has 7 heteroatoms. The van der Waals surface area contributed by atoms with Gasteiger partial charge in [0.15, 0.2) is 0 Å². The molecule has 0 saturated carbocycles. The Morgan fingerprint density at radius 2 is 1.72 bits per heavy atom. The SMILES string of the molecule is CCNC(=O)N1CCC(N2CCC[C@H](C(=O)N3CCOCC3)C2)CC1. The molecule has 0 aliphatic carbocycles. The average Bonchev–Trinajstić information content (AvgIpc) is 2.68. The van der Waals surface area contributed by atoms with Crippen LogP contribution in [-0.2, 0) is 9.53 Å². The van der Waals surface area contributed by atoms with Gasteiger partial charge in [-0.05, 0) is 39.2 Å². The predicted octanol–water partition coefficient (Wildman–Crippen LogP) is 0.751. The number of likely N-dealkylation sites (tertiary alicyclic amines) is 2. The third kappa shape index (κ3) is 4.64. The minimum atomic E-state index is 0.0555. The van der Waals surface area contributed by atoms with E-state index in [0.29, 0.717) is 31.7 Å². The first kappa shape index (κ1) is 18.5. The Bertz CT molecular complexity index is 459. The van der Waals surface area contributed by atoms with Crippen LogP contribution in [0.15, 0.2) is 0 Å². The molecule has 1 atom stereocenters. The van der Waals surface area contributed by atoms with Crippen molar-refractivity contribution in [2.75, 3.05) is 59.0 Å². The lowest BCUT2D eigenvalue weighted by Gasteiger charge is -2.43. The van der Waals surface area contributed by atoms with E-state index in [1.54, 1.807) is 0 Å². The van der Waals surface area contributed by atoms with Gasteiger partial charge in [-0.25, -0.2) is 4.79 Å². The minimum absolute atomic E-state index is 0.0555. The van der Waals surface area contributed by atoms with Crippen LogP contribution in [0.5, 0.6) is 0 Å². The fraction of sp³-hybridized carbons (Fsp3) is 0.889. The zero-order valence-corrected chi connectivity index (χ0v) is 15.4. The molecule has 0 spiro atoms. The topological polar surface area (TPSA) is 65.1 Å². The number of morpholine rings is 1. The summed E-state index contributed by atoms with van der Waals surface area (Å²) in [7, 11) is 0. The van der Waals surface area contributed by atoms with Crippen LogP contribution in [0, 0.1) is 5.92 Å². The average molecular weight is 352 g/mol. The Hall–Kier alpha value is -1.34. The smallest absolute Gasteiger partial charge is 0.317 e. The molecule has 25 heavy (non-hydrogen) atoms. The van der Waals surface area contributed by atoms with Crippen molar-refractivity contribution in [2.24, 2.45) is 5.92 Å². The number of nitrogens with one attached hydrogen (secondary N) is 1. The Balaban J connectivity index is 1.48. The molecular weight excluding hydrogens is 320 g/mol. The quantitative estimate of drug-likeness (QED) is 0.814. The third-order valence-corrected chi connectivity index (χ3v) is 5.72. The second-order valence-electron chi connectivity index (χ2n) is 7.33. The van der Waals surface area contributed by atoms with Crippen molar-refractivity contribution < 1.29 is 14.3 Å². The summed E-state index contributed by atoms with van der Waals surface area (Å²) in [5.74, 6) is 0.445. The molecule has 1 N–H and O–H groups in total. The lowest BCUT2D eigenvalue weighted by Crippen LogP contribution is -2.53. The van der Waals surface area contributed by atoms with E-state index in [0.717, 1.165) is 65.0 Å². The van der Waals surface area contributed by atoms with E-state index in [4.69, 9.17) is 4.74 Å². The van der Waals surface area contributed by atoms with Gasteiger partial charge in [-0.3, -0.25) is 9.69 Å². The largest absolute Gasteiger partial charge is 0.378 e. The van der Waals surface area contributed by atoms with Gasteiger partial charge >= 0.3 is 6.03 Å². The van der Waals surface area contributed by atoms with Gasteiger partial charge in [0, 0.05) is 45.3 Å². The lowest BCUT2D eigenvalue weighted by molar-refractivity contribution is -0.141. The van der Waals surface area contributed by atoms with Gasteiger partial charge in [0.25, 0.3) is 0 Å². The molecule has 0 unspecified atom stereocenters. The number of rotatable bonds is 3. The molecule has 142 valence electrons. The molecule has 3 heterocycles. The van der Waals surface area contributed by atoms with E-state index in [9.17, 15) is 9.59 Å². The summed E-state index contributed by atoms with van der Waals surface area (Å²) >= 11 is 0. The zero-order chi connectivity index (χ0) is 17.6. The number of hydrogen-bond acceptors (Lipinski definition) is 4. The highest BCUT2D eigenvalue weighted by Gasteiger charge is 2.34. The molecule has 0 aromatic carbocycles. The molecule has 0 bridgehead atoms. The number of carbonyl (C=O) groups is 2. The molecule has 3 rings (SSSR count). The van der Waals surface area contributed by atoms with Crippen molar-refractivity contribution in [3.8, 4) is 0 Å². The van der Waals surface area contributed by atoms with E-state index < -0.39 is 0 Å². The summed E-state index contributed by atoms with van der Waals surface area (Å²) in [6, 6.07) is 0.561. The summed E-state index contributed by atoms with van der Waals surface area (Å²) in [6.07, 6.45) is 4.12. The first-order valence-corrected chi connectivity index (χ1v) is 9.82. The summed E-state index contributed by atoms with van der Waals surface area (Å²) < 4.78 is 5.36. The molecule has 7 nitrogen and oxygen atoms in total. The lowest BCUT2D eigenvalue weighted by atomic mass is 9.92. The Kier molecular flexibility index (Phi) is 6.53. The molecule has 0 aromatic rings. The van der Waals surface area contributed by atoms with Gasteiger partial charge in [0.05, 0.1) is 19.1 Å². The van der Waals surface area contributed by atoms with Crippen LogP contribution < -0.4 is 5.32 Å². The fourth-order valence-corrected chi connectivity index (χ4v) is 4.28. The molecule has 3 aliphatic rings. The normalized spacial score (nSPS) is 26.5. The Labute approximate surface area is 150 Å². The van der Waals surface area contributed by atoms with Crippen LogP contribution in [0.3, 0.4) is 0 Å². The summed E-state index contributed by atoms with van der Waals surface area (Å²) in [6.45, 7) is 9.02. The highest BCUT2D eigenvalue weighted by Crippen LogP contribution is 2.25. The van der Waals surface area contributed by atoms with Crippen LogP contribution in [0.2, 0.25) is 0 Å². The van der Waals surface area contributed by atoms with E-state index in [1.165, 1.54) is 0 Å². The minimum Gasteiger partial charge on any atom is -0.378 e. The molecule has 0 radical (unpaired) electrons. The monoisotopic (exact) mass is 352 g/mol. The van der Waals surface area contributed by atoms with Crippen LogP contribution in [0.4, 0.5) is 4.79 Å². The van der Waals surface area contributed by atoms with E-state index in [-0.39, 0.29) is 11.9 Å². The van der Waals surface area contributed by atoms with Crippen molar-refractivity contribution in [3.05, 3.63) is 0 Å². The Morgan fingerprint density at radius 1 is 1.00 bits per heavy atom. The second kappa shape index (κ2) is 8.85. The van der Waals surface area contributed by atoms with Gasteiger partial charge in [-0.1, -0.05) is 0 Å². The van der Waals surface area contributed by atoms with Crippen LogP contribution in [0.1, 0.15) is 32.6 Å². The number of urea groups is 1. The number of carbonyl (C=O) groups excluding carboxylic acids is 2. The van der Waals surface area contributed by atoms with Gasteiger partial charge in [0.2, 0.25) is 5.91 Å². The summed E-state index contributed by atoms with van der Waals surface area (Å²) in [4.78, 5) is 31.1. The van der Waals surface area contributed by atoms with Crippen molar-refractivity contribution in [2.45, 2.75) is 38.6 Å². The van der Waals surface area contributed by atoms with E-state index in [1.807, 2.05) is 16.7 Å². The van der Waals surface area contributed by atoms with E-state index >= 15 is 0 Å². The van der Waals surface area contributed by atoms with Gasteiger partial charge < -0.3 is 19.9 Å². The molecule has 3 amide bonds. The maximum Gasteiger partial charge on any atom is 0.317 e. The number of amides is 3. The van der Waals surface area contributed by atoms with E-state index in [2.05, 4.69) is 10.2 Å². The van der Waals surface area contributed by atoms with Gasteiger partial charge in [0.1, 0.15) is 0 Å². The predicted molar refractivity (Wildman–Crippen MR) is 95.4 cm³/mol. The van der Waals surface area contributed by atoms with Crippen LogP contribution >= 0.6 is 0 Å².